The van der Waals surface area contributed by atoms with E-state index >= 15 is 0 Å². The summed E-state index contributed by atoms with van der Waals surface area (Å²) < 4.78 is 0. The van der Waals surface area contributed by atoms with Gasteiger partial charge in [-0.05, 0) is 12.1 Å². The van der Waals surface area contributed by atoms with Gasteiger partial charge in [-0.3, -0.25) is 0 Å². The minimum atomic E-state index is -0.638. The second-order valence-corrected chi connectivity index (χ2v) is 3.45. The molecule has 0 aliphatic carbocycles. The predicted molar refractivity (Wildman–Crippen MR) is 59.0 cm³/mol. The van der Waals surface area contributed by atoms with Crippen LogP contribution in [0.1, 0.15) is 0 Å². The van der Waals surface area contributed by atoms with E-state index in [9.17, 15) is 10.1 Å². The molecule has 0 fully saturated rings. The van der Waals surface area contributed by atoms with Gasteiger partial charge in [0.25, 0.3) is 5.96 Å². The molecule has 84 valence electrons. The zero-order chi connectivity index (χ0) is 11.5. The van der Waals surface area contributed by atoms with Gasteiger partial charge in [0.2, 0.25) is 0 Å². The molecule has 8 heteroatoms. The quantitative estimate of drug-likeness (QED) is 0.468. The third-order valence-electron chi connectivity index (χ3n) is 2.06. The number of nitrogens with one attached hydrogen (secondary N) is 1. The molecule has 1 aliphatic rings. The second-order valence-electron chi connectivity index (χ2n) is 3.07. The summed E-state index contributed by atoms with van der Waals surface area (Å²) >= 11 is 5.66. The summed E-state index contributed by atoms with van der Waals surface area (Å²) in [7, 11) is 0. The van der Waals surface area contributed by atoms with Crippen molar-refractivity contribution < 1.29 is 5.03 Å². The molecule has 0 amide bonds. The maximum absolute atomic E-state index is 10.3. The summed E-state index contributed by atoms with van der Waals surface area (Å²) in [6, 6.07) is 3.36. The van der Waals surface area contributed by atoms with E-state index in [0.717, 1.165) is 5.69 Å². The van der Waals surface area contributed by atoms with Gasteiger partial charge in [0.05, 0.1) is 18.4 Å². The topological polar surface area (TPSA) is 83.7 Å². The number of rotatable bonds is 2. The zero-order valence-electron chi connectivity index (χ0n) is 8.13. The first-order chi connectivity index (χ1) is 7.66. The van der Waals surface area contributed by atoms with Crippen molar-refractivity contribution in [2.75, 3.05) is 18.0 Å². The van der Waals surface area contributed by atoms with Gasteiger partial charge in [0, 0.05) is 6.54 Å². The van der Waals surface area contributed by atoms with Crippen LogP contribution < -0.4 is 10.3 Å². The average Bonchev–Trinajstić information content (AvgIpc) is 2.66. The average molecular weight is 242 g/mol. The SMILES string of the molecule is O=[N+]([O-])NC1=NCCN1c1ccc(Cl)nc1. The van der Waals surface area contributed by atoms with Crippen molar-refractivity contribution in [2.24, 2.45) is 4.99 Å². The first kappa shape index (κ1) is 10.6. The number of nitro groups is 1. The number of pyridine rings is 1. The number of anilines is 1. The van der Waals surface area contributed by atoms with Crippen LogP contribution in [-0.4, -0.2) is 29.1 Å². The summed E-state index contributed by atoms with van der Waals surface area (Å²) in [6.07, 6.45) is 1.55. The molecule has 1 aliphatic heterocycles. The minimum Gasteiger partial charge on any atom is -0.305 e. The van der Waals surface area contributed by atoms with Crippen LogP contribution in [0, 0.1) is 10.1 Å². The van der Waals surface area contributed by atoms with Gasteiger partial charge in [0.15, 0.2) is 5.03 Å². The second kappa shape index (κ2) is 4.31. The highest BCUT2D eigenvalue weighted by Gasteiger charge is 2.22. The highest BCUT2D eigenvalue weighted by atomic mass is 35.5. The Labute approximate surface area is 95.9 Å². The molecule has 0 radical (unpaired) electrons. The normalized spacial score (nSPS) is 14.8. The Morgan fingerprint density at radius 1 is 1.56 bits per heavy atom. The highest BCUT2D eigenvalue weighted by molar-refractivity contribution is 6.29. The molecule has 0 unspecified atom stereocenters. The first-order valence-corrected chi connectivity index (χ1v) is 4.89. The maximum atomic E-state index is 10.3. The van der Waals surface area contributed by atoms with Crippen molar-refractivity contribution in [1.29, 1.82) is 0 Å². The smallest absolute Gasteiger partial charge is 0.261 e. The molecule has 0 spiro atoms. The molecule has 1 aromatic heterocycles. The Balaban J connectivity index is 2.18. The van der Waals surface area contributed by atoms with Crippen molar-refractivity contribution in [3.63, 3.8) is 0 Å². The first-order valence-electron chi connectivity index (χ1n) is 4.51. The number of aromatic nitrogens is 1. The van der Waals surface area contributed by atoms with Gasteiger partial charge in [0.1, 0.15) is 5.15 Å². The van der Waals surface area contributed by atoms with E-state index in [1.807, 2.05) is 5.43 Å². The van der Waals surface area contributed by atoms with Crippen molar-refractivity contribution in [3.05, 3.63) is 33.6 Å². The van der Waals surface area contributed by atoms with Crippen LogP contribution in [-0.2, 0) is 0 Å². The van der Waals surface area contributed by atoms with Gasteiger partial charge in [-0.25, -0.2) is 20.1 Å². The van der Waals surface area contributed by atoms with E-state index in [4.69, 9.17) is 11.6 Å². The fourth-order valence-electron chi connectivity index (χ4n) is 1.40. The van der Waals surface area contributed by atoms with Crippen LogP contribution in [0.15, 0.2) is 23.3 Å². The largest absolute Gasteiger partial charge is 0.305 e. The van der Waals surface area contributed by atoms with Crippen LogP contribution in [0.25, 0.3) is 0 Å². The molecule has 7 nitrogen and oxygen atoms in total. The molecule has 2 rings (SSSR count). The van der Waals surface area contributed by atoms with Gasteiger partial charge < -0.3 is 4.90 Å². The van der Waals surface area contributed by atoms with Crippen LogP contribution in [0.2, 0.25) is 5.15 Å². The maximum Gasteiger partial charge on any atom is 0.261 e. The van der Waals surface area contributed by atoms with E-state index < -0.39 is 5.03 Å². The number of guanidine groups is 1. The molecule has 0 aromatic carbocycles. The van der Waals surface area contributed by atoms with Crippen molar-refractivity contribution in [1.82, 2.24) is 10.4 Å². The molecule has 2 heterocycles. The van der Waals surface area contributed by atoms with Crippen LogP contribution in [0.4, 0.5) is 5.69 Å². The number of hydrazine groups is 1. The Bertz CT molecular complexity index is 433. The Morgan fingerprint density at radius 2 is 2.38 bits per heavy atom. The van der Waals surface area contributed by atoms with Crippen molar-refractivity contribution in [3.8, 4) is 0 Å². The standard InChI is InChI=1S/C8H8ClN5O2/c9-7-2-1-6(5-11-7)13-4-3-10-8(13)12-14(15)16/h1-2,5H,3-4H2,(H,10,12). The summed E-state index contributed by atoms with van der Waals surface area (Å²) in [5.74, 6) is 0.217. The molecule has 0 saturated heterocycles. The number of halogens is 1. The fourth-order valence-corrected chi connectivity index (χ4v) is 1.52. The molecule has 0 bridgehead atoms. The summed E-state index contributed by atoms with van der Waals surface area (Å²) in [5.41, 5.74) is 2.76. The molecular formula is C8H8ClN5O2. The van der Waals surface area contributed by atoms with Gasteiger partial charge >= 0.3 is 0 Å². The van der Waals surface area contributed by atoms with Crippen molar-refractivity contribution >= 4 is 23.2 Å². The summed E-state index contributed by atoms with van der Waals surface area (Å²) in [6.45, 7) is 1.10. The summed E-state index contributed by atoms with van der Waals surface area (Å²) in [5, 5.41) is 10.1. The van der Waals surface area contributed by atoms with Gasteiger partial charge in [-0.1, -0.05) is 17.0 Å². The van der Waals surface area contributed by atoms with Crippen LogP contribution in [0.5, 0.6) is 0 Å². The fraction of sp³-hybridized carbons (Fsp3) is 0.250. The Morgan fingerprint density at radius 3 is 3.00 bits per heavy atom. The van der Waals surface area contributed by atoms with Crippen LogP contribution in [0.3, 0.4) is 0 Å². The summed E-state index contributed by atoms with van der Waals surface area (Å²) in [4.78, 5) is 19.9. The lowest BCUT2D eigenvalue weighted by molar-refractivity contribution is -0.525. The van der Waals surface area contributed by atoms with Gasteiger partial charge in [-0.15, -0.1) is 0 Å². The van der Waals surface area contributed by atoms with E-state index in [-0.39, 0.29) is 5.96 Å². The highest BCUT2D eigenvalue weighted by Crippen LogP contribution is 2.17. The molecule has 0 saturated carbocycles. The molecule has 1 N–H and O–H groups in total. The molecule has 16 heavy (non-hydrogen) atoms. The Hall–Kier alpha value is -1.89. The van der Waals surface area contributed by atoms with E-state index in [0.29, 0.717) is 18.2 Å². The van der Waals surface area contributed by atoms with Gasteiger partial charge in [-0.2, -0.15) is 0 Å². The van der Waals surface area contributed by atoms with E-state index in [1.165, 1.54) is 0 Å². The monoisotopic (exact) mass is 241 g/mol. The third-order valence-corrected chi connectivity index (χ3v) is 2.28. The molecule has 1 aromatic rings. The third kappa shape index (κ3) is 2.19. The molecular weight excluding hydrogens is 234 g/mol. The number of hydrogen-bond donors (Lipinski definition) is 1. The van der Waals surface area contributed by atoms with E-state index in [2.05, 4.69) is 9.98 Å². The number of hydrogen-bond acceptors (Lipinski definition) is 5. The van der Waals surface area contributed by atoms with E-state index in [1.54, 1.807) is 23.2 Å². The minimum absolute atomic E-state index is 0.217. The molecule has 0 atom stereocenters. The van der Waals surface area contributed by atoms with Crippen molar-refractivity contribution in [2.45, 2.75) is 0 Å². The number of aliphatic imine (C=N–C) groups is 1. The Kier molecular flexibility index (Phi) is 2.86. The lowest BCUT2D eigenvalue weighted by atomic mass is 10.4. The lowest BCUT2D eigenvalue weighted by Gasteiger charge is -2.17. The zero-order valence-corrected chi connectivity index (χ0v) is 8.89. The lowest BCUT2D eigenvalue weighted by Crippen LogP contribution is -2.41. The predicted octanol–water partition coefficient (Wildman–Crippen LogP) is 0.692. The van der Waals surface area contributed by atoms with Crippen LogP contribution >= 0.6 is 11.6 Å². The number of nitrogens with zero attached hydrogens (tertiary/aromatic N) is 4.